The van der Waals surface area contributed by atoms with Gasteiger partial charge in [-0.05, 0) is 38.3 Å². The lowest BCUT2D eigenvalue weighted by Crippen LogP contribution is -2.50. The predicted octanol–water partition coefficient (Wildman–Crippen LogP) is 2.35. The Hall–Kier alpha value is -1.11. The molecule has 7 heteroatoms. The fraction of sp³-hybridized carbons (Fsp3) is 0.625. The van der Waals surface area contributed by atoms with Crippen LogP contribution in [0.25, 0.3) is 0 Å². The Morgan fingerprint density at radius 3 is 2.91 bits per heavy atom. The van der Waals surface area contributed by atoms with Crippen molar-refractivity contribution in [1.29, 1.82) is 0 Å². The van der Waals surface area contributed by atoms with Crippen molar-refractivity contribution in [2.75, 3.05) is 19.6 Å². The summed E-state index contributed by atoms with van der Waals surface area (Å²) in [6, 6.07) is 3.81. The maximum absolute atomic E-state index is 12.8. The number of carbonyl (C=O) groups excluding carboxylic acids is 2. The second kappa shape index (κ2) is 8.66. The molecule has 1 aliphatic heterocycles. The van der Waals surface area contributed by atoms with Crippen molar-refractivity contribution in [3.8, 4) is 0 Å². The molecule has 1 aliphatic rings. The zero-order valence-electron chi connectivity index (χ0n) is 13.4. The van der Waals surface area contributed by atoms with E-state index >= 15 is 0 Å². The first kappa shape index (κ1) is 18.2. The molecule has 2 rings (SSSR count). The lowest BCUT2D eigenvalue weighted by atomic mass is 9.99. The van der Waals surface area contributed by atoms with Crippen LogP contribution in [-0.2, 0) is 9.59 Å². The van der Waals surface area contributed by atoms with Crippen LogP contribution in [0.2, 0.25) is 4.34 Å². The second-order valence-corrected chi connectivity index (χ2v) is 7.63. The Morgan fingerprint density at radius 2 is 2.26 bits per heavy atom. The van der Waals surface area contributed by atoms with E-state index in [0.29, 0.717) is 23.8 Å². The Labute approximate surface area is 146 Å². The average Bonchev–Trinajstić information content (AvgIpc) is 2.98. The molecule has 128 valence electrons. The number of rotatable bonds is 6. The van der Waals surface area contributed by atoms with Gasteiger partial charge in [-0.2, -0.15) is 0 Å². The average molecular weight is 358 g/mol. The summed E-state index contributed by atoms with van der Waals surface area (Å²) in [7, 11) is 0. The number of hydrogen-bond acceptors (Lipinski definition) is 4. The molecular weight excluding hydrogens is 334 g/mol. The van der Waals surface area contributed by atoms with E-state index in [9.17, 15) is 9.59 Å². The summed E-state index contributed by atoms with van der Waals surface area (Å²) in [4.78, 5) is 27.4. The summed E-state index contributed by atoms with van der Waals surface area (Å²) in [5.74, 6) is -0.141. The Kier molecular flexibility index (Phi) is 6.87. The van der Waals surface area contributed by atoms with Crippen molar-refractivity contribution in [1.82, 2.24) is 10.2 Å². The van der Waals surface area contributed by atoms with Crippen molar-refractivity contribution in [3.63, 3.8) is 0 Å². The number of hydrogen-bond donors (Lipinski definition) is 2. The van der Waals surface area contributed by atoms with E-state index in [4.69, 9.17) is 17.3 Å². The molecule has 5 nitrogen and oxygen atoms in total. The fourth-order valence-corrected chi connectivity index (χ4v) is 3.99. The number of amides is 2. The molecule has 0 bridgehead atoms. The molecule has 1 fully saturated rings. The lowest BCUT2D eigenvalue weighted by molar-refractivity contribution is -0.136. The van der Waals surface area contributed by atoms with E-state index in [1.165, 1.54) is 11.3 Å². The van der Waals surface area contributed by atoms with Crippen LogP contribution in [0.3, 0.4) is 0 Å². The highest BCUT2D eigenvalue weighted by Crippen LogP contribution is 2.30. The van der Waals surface area contributed by atoms with Crippen LogP contribution in [0, 0.1) is 0 Å². The Morgan fingerprint density at radius 1 is 1.48 bits per heavy atom. The number of nitrogens with one attached hydrogen (secondary N) is 1. The molecule has 1 aromatic rings. The van der Waals surface area contributed by atoms with Gasteiger partial charge in [0.2, 0.25) is 11.8 Å². The number of piperidine rings is 1. The smallest absolute Gasteiger partial charge is 0.230 e. The van der Waals surface area contributed by atoms with Gasteiger partial charge < -0.3 is 16.0 Å². The van der Waals surface area contributed by atoms with Gasteiger partial charge in [0.25, 0.3) is 0 Å². The molecule has 0 saturated carbocycles. The summed E-state index contributed by atoms with van der Waals surface area (Å²) >= 11 is 7.42. The van der Waals surface area contributed by atoms with Gasteiger partial charge >= 0.3 is 0 Å². The van der Waals surface area contributed by atoms with Gasteiger partial charge in [0.05, 0.1) is 10.3 Å². The molecule has 2 heterocycles. The summed E-state index contributed by atoms with van der Waals surface area (Å²) in [5, 5.41) is 2.89. The van der Waals surface area contributed by atoms with Crippen LogP contribution >= 0.6 is 22.9 Å². The van der Waals surface area contributed by atoms with E-state index in [1.54, 1.807) is 0 Å². The van der Waals surface area contributed by atoms with Crippen molar-refractivity contribution in [2.45, 2.75) is 44.6 Å². The molecular formula is C16H24ClN3O2S. The highest BCUT2D eigenvalue weighted by molar-refractivity contribution is 7.16. The van der Waals surface area contributed by atoms with Crippen molar-refractivity contribution < 1.29 is 9.59 Å². The first-order valence-corrected chi connectivity index (χ1v) is 9.25. The third kappa shape index (κ3) is 4.93. The summed E-state index contributed by atoms with van der Waals surface area (Å²) in [6.45, 7) is 3.51. The molecule has 0 spiro atoms. The Balaban J connectivity index is 1.99. The van der Waals surface area contributed by atoms with Gasteiger partial charge in [-0.15, -0.1) is 11.3 Å². The topological polar surface area (TPSA) is 75.4 Å². The minimum Gasteiger partial charge on any atom is -0.354 e. The molecule has 2 amide bonds. The monoisotopic (exact) mass is 357 g/mol. The van der Waals surface area contributed by atoms with Crippen LogP contribution in [-0.4, -0.2) is 42.4 Å². The number of nitrogens with two attached hydrogens (primary N) is 1. The third-order valence-electron chi connectivity index (χ3n) is 4.21. The molecule has 1 aromatic heterocycles. The number of likely N-dealkylation sites (tertiary alicyclic amines) is 1. The van der Waals surface area contributed by atoms with E-state index in [2.05, 4.69) is 5.32 Å². The van der Waals surface area contributed by atoms with E-state index < -0.39 is 0 Å². The normalized spacial score (nSPS) is 19.4. The standard InChI is InChI=1S/C16H24ClN3O2S/c1-11(13-5-6-14(17)23-13)16(22)20-9-3-2-4-12(20)10-19-15(21)7-8-18/h5-6,11-12H,2-4,7-10,18H2,1H3,(H,19,21). The SMILES string of the molecule is CC(C(=O)N1CCCCC1CNC(=O)CCN)c1ccc(Cl)s1. The highest BCUT2D eigenvalue weighted by Gasteiger charge is 2.30. The molecule has 3 N–H and O–H groups in total. The fourth-order valence-electron chi connectivity index (χ4n) is 2.89. The summed E-state index contributed by atoms with van der Waals surface area (Å²) in [6.07, 6.45) is 3.34. The van der Waals surface area contributed by atoms with Crippen LogP contribution in [0.15, 0.2) is 12.1 Å². The first-order valence-electron chi connectivity index (χ1n) is 8.05. The van der Waals surface area contributed by atoms with Gasteiger partial charge in [0.1, 0.15) is 0 Å². The summed E-state index contributed by atoms with van der Waals surface area (Å²) < 4.78 is 0.698. The minimum atomic E-state index is -0.201. The van der Waals surface area contributed by atoms with Crippen molar-refractivity contribution in [2.24, 2.45) is 5.73 Å². The van der Waals surface area contributed by atoms with Crippen molar-refractivity contribution >= 4 is 34.8 Å². The van der Waals surface area contributed by atoms with Gasteiger partial charge in [0, 0.05) is 37.0 Å². The molecule has 0 radical (unpaired) electrons. The highest BCUT2D eigenvalue weighted by atomic mass is 35.5. The molecule has 2 atom stereocenters. The predicted molar refractivity (Wildman–Crippen MR) is 93.8 cm³/mol. The van der Waals surface area contributed by atoms with Gasteiger partial charge in [-0.3, -0.25) is 9.59 Å². The van der Waals surface area contributed by atoms with E-state index in [0.717, 1.165) is 30.7 Å². The van der Waals surface area contributed by atoms with Crippen molar-refractivity contribution in [3.05, 3.63) is 21.3 Å². The van der Waals surface area contributed by atoms with Gasteiger partial charge in [-0.1, -0.05) is 11.6 Å². The quantitative estimate of drug-likeness (QED) is 0.820. The van der Waals surface area contributed by atoms with Gasteiger partial charge in [-0.25, -0.2) is 0 Å². The Bertz CT molecular complexity index is 549. The maximum atomic E-state index is 12.8. The first-order chi connectivity index (χ1) is 11.0. The minimum absolute atomic E-state index is 0.0523. The number of thiophene rings is 1. The number of halogens is 1. The van der Waals surface area contributed by atoms with Crippen LogP contribution in [0.1, 0.15) is 43.4 Å². The van der Waals surface area contributed by atoms with E-state index in [1.807, 2.05) is 24.0 Å². The molecule has 23 heavy (non-hydrogen) atoms. The second-order valence-electron chi connectivity index (χ2n) is 5.89. The number of carbonyl (C=O) groups is 2. The number of nitrogens with zero attached hydrogens (tertiary/aromatic N) is 1. The molecule has 2 unspecified atom stereocenters. The molecule has 1 saturated heterocycles. The lowest BCUT2D eigenvalue weighted by Gasteiger charge is -2.37. The van der Waals surface area contributed by atoms with Gasteiger partial charge in [0.15, 0.2) is 0 Å². The zero-order valence-corrected chi connectivity index (χ0v) is 15.0. The zero-order chi connectivity index (χ0) is 16.8. The maximum Gasteiger partial charge on any atom is 0.230 e. The summed E-state index contributed by atoms with van der Waals surface area (Å²) in [5.41, 5.74) is 5.38. The van der Waals surface area contributed by atoms with Crippen LogP contribution in [0.4, 0.5) is 0 Å². The largest absolute Gasteiger partial charge is 0.354 e. The third-order valence-corrected chi connectivity index (χ3v) is 5.62. The van der Waals surface area contributed by atoms with Crippen LogP contribution in [0.5, 0.6) is 0 Å². The van der Waals surface area contributed by atoms with E-state index in [-0.39, 0.29) is 23.8 Å². The van der Waals surface area contributed by atoms with Crippen LogP contribution < -0.4 is 11.1 Å². The molecule has 0 aromatic carbocycles. The molecule has 0 aliphatic carbocycles.